The Balaban J connectivity index is 2.12. The van der Waals surface area contributed by atoms with Crippen molar-refractivity contribution in [3.63, 3.8) is 0 Å². The summed E-state index contributed by atoms with van der Waals surface area (Å²) < 4.78 is 22.6. The van der Waals surface area contributed by atoms with Gasteiger partial charge in [-0.1, -0.05) is 0 Å². The van der Waals surface area contributed by atoms with Gasteiger partial charge in [0, 0.05) is 24.7 Å². The van der Waals surface area contributed by atoms with E-state index >= 15 is 0 Å². The lowest BCUT2D eigenvalue weighted by molar-refractivity contribution is 0.598. The van der Waals surface area contributed by atoms with Crippen LogP contribution in [-0.2, 0) is 9.84 Å². The Bertz CT molecular complexity index is 639. The Morgan fingerprint density at radius 2 is 1.84 bits per heavy atom. The van der Waals surface area contributed by atoms with E-state index < -0.39 is 9.84 Å². The second-order valence-electron chi connectivity index (χ2n) is 4.30. The van der Waals surface area contributed by atoms with Gasteiger partial charge < -0.3 is 5.32 Å². The molecule has 2 aromatic heterocycles. The molecule has 0 radical (unpaired) electrons. The molecule has 2 heterocycles. The number of hydrogen-bond donors (Lipinski definition) is 1. The molecule has 1 atom stereocenters. The number of hydrogen-bond acceptors (Lipinski definition) is 5. The van der Waals surface area contributed by atoms with Crippen LogP contribution in [0.2, 0.25) is 0 Å². The fourth-order valence-electron chi connectivity index (χ4n) is 1.67. The highest BCUT2D eigenvalue weighted by molar-refractivity contribution is 7.90. The second kappa shape index (κ2) is 5.36. The molecule has 1 N–H and O–H groups in total. The van der Waals surface area contributed by atoms with Crippen molar-refractivity contribution in [2.75, 3.05) is 11.6 Å². The monoisotopic (exact) mass is 277 g/mol. The van der Waals surface area contributed by atoms with Crippen LogP contribution in [0.25, 0.3) is 0 Å². The van der Waals surface area contributed by atoms with E-state index in [0.717, 1.165) is 17.5 Å². The quantitative estimate of drug-likeness (QED) is 0.926. The summed E-state index contributed by atoms with van der Waals surface area (Å²) in [4.78, 5) is 7.90. The summed E-state index contributed by atoms with van der Waals surface area (Å²) in [7, 11) is -3.25. The molecule has 0 aromatic carbocycles. The first kappa shape index (κ1) is 13.5. The van der Waals surface area contributed by atoms with Gasteiger partial charge >= 0.3 is 0 Å². The number of rotatable bonds is 4. The van der Waals surface area contributed by atoms with E-state index in [-0.39, 0.29) is 11.1 Å². The van der Waals surface area contributed by atoms with E-state index in [1.54, 1.807) is 18.5 Å². The fraction of sp³-hybridized carbons (Fsp3) is 0.231. The van der Waals surface area contributed by atoms with Crippen LogP contribution in [0.3, 0.4) is 0 Å². The highest BCUT2D eigenvalue weighted by Gasteiger charge is 2.09. The van der Waals surface area contributed by atoms with Gasteiger partial charge in [0.05, 0.1) is 11.9 Å². The molecule has 0 fully saturated rings. The van der Waals surface area contributed by atoms with Crippen LogP contribution < -0.4 is 5.32 Å². The number of nitrogens with zero attached hydrogens (tertiary/aromatic N) is 2. The average Bonchev–Trinajstić information content (AvgIpc) is 2.39. The third-order valence-corrected chi connectivity index (χ3v) is 3.71. The minimum atomic E-state index is -3.25. The molecular weight excluding hydrogens is 262 g/mol. The van der Waals surface area contributed by atoms with Crippen molar-refractivity contribution in [1.82, 2.24) is 9.97 Å². The Morgan fingerprint density at radius 3 is 2.37 bits per heavy atom. The van der Waals surface area contributed by atoms with E-state index in [0.29, 0.717) is 0 Å². The Labute approximate surface area is 112 Å². The molecule has 0 aliphatic carbocycles. The largest absolute Gasteiger partial charge is 0.377 e. The van der Waals surface area contributed by atoms with Gasteiger partial charge in [-0.15, -0.1) is 0 Å². The van der Waals surface area contributed by atoms with Gasteiger partial charge in [0.2, 0.25) is 0 Å². The summed E-state index contributed by atoms with van der Waals surface area (Å²) in [6.07, 6.45) is 6.13. The lowest BCUT2D eigenvalue weighted by atomic mass is 10.1. The van der Waals surface area contributed by atoms with Crippen molar-refractivity contribution in [2.45, 2.75) is 18.0 Å². The minimum Gasteiger partial charge on any atom is -0.377 e. The maximum atomic E-state index is 11.3. The van der Waals surface area contributed by atoms with E-state index in [4.69, 9.17) is 0 Å². The van der Waals surface area contributed by atoms with E-state index in [9.17, 15) is 8.42 Å². The zero-order chi connectivity index (χ0) is 13.9. The highest BCUT2D eigenvalue weighted by Crippen LogP contribution is 2.18. The van der Waals surface area contributed by atoms with Crippen molar-refractivity contribution in [1.29, 1.82) is 0 Å². The number of sulfone groups is 1. The van der Waals surface area contributed by atoms with Gasteiger partial charge in [-0.3, -0.25) is 4.98 Å². The number of pyridine rings is 2. The zero-order valence-corrected chi connectivity index (χ0v) is 11.6. The van der Waals surface area contributed by atoms with Crippen molar-refractivity contribution >= 4 is 15.5 Å². The predicted molar refractivity (Wildman–Crippen MR) is 73.6 cm³/mol. The van der Waals surface area contributed by atoms with Crippen molar-refractivity contribution in [3.05, 3.63) is 48.4 Å². The van der Waals surface area contributed by atoms with Crippen molar-refractivity contribution in [3.8, 4) is 0 Å². The topological polar surface area (TPSA) is 72.0 Å². The third-order valence-electron chi connectivity index (χ3n) is 2.71. The van der Waals surface area contributed by atoms with E-state index in [2.05, 4.69) is 15.3 Å². The third kappa shape index (κ3) is 3.51. The second-order valence-corrected chi connectivity index (χ2v) is 6.27. The van der Waals surface area contributed by atoms with Gasteiger partial charge in [-0.05, 0) is 36.8 Å². The minimum absolute atomic E-state index is 0.0783. The van der Waals surface area contributed by atoms with Crippen LogP contribution in [0.5, 0.6) is 0 Å². The number of aromatic nitrogens is 2. The molecule has 6 heteroatoms. The van der Waals surface area contributed by atoms with Gasteiger partial charge in [0.25, 0.3) is 0 Å². The summed E-state index contributed by atoms with van der Waals surface area (Å²) in [5.41, 5.74) is 1.87. The maximum absolute atomic E-state index is 11.3. The van der Waals surface area contributed by atoms with E-state index in [1.807, 2.05) is 19.1 Å². The first-order chi connectivity index (χ1) is 8.97. The Morgan fingerprint density at radius 1 is 1.16 bits per heavy atom. The van der Waals surface area contributed by atoms with Gasteiger partial charge in [-0.2, -0.15) is 0 Å². The van der Waals surface area contributed by atoms with Gasteiger partial charge in [0.15, 0.2) is 14.9 Å². The molecule has 0 aliphatic heterocycles. The molecule has 2 rings (SSSR count). The smallest absolute Gasteiger partial charge is 0.192 e. The lowest BCUT2D eigenvalue weighted by Crippen LogP contribution is -2.07. The summed E-state index contributed by atoms with van der Waals surface area (Å²) in [6, 6.07) is 7.15. The SMILES string of the molecule is CC(Nc1ccc(S(C)(=O)=O)nc1)c1ccncc1. The lowest BCUT2D eigenvalue weighted by Gasteiger charge is -2.15. The molecule has 2 aromatic rings. The maximum Gasteiger partial charge on any atom is 0.192 e. The molecular formula is C13H15N3O2S. The summed E-state index contributed by atoms with van der Waals surface area (Å²) in [6.45, 7) is 2.01. The first-order valence-electron chi connectivity index (χ1n) is 5.79. The van der Waals surface area contributed by atoms with Crippen molar-refractivity contribution < 1.29 is 8.42 Å². The molecule has 19 heavy (non-hydrogen) atoms. The fourth-order valence-corrected chi connectivity index (χ4v) is 2.23. The van der Waals surface area contributed by atoms with Crippen LogP contribution in [-0.4, -0.2) is 24.6 Å². The predicted octanol–water partition coefficient (Wildman–Crippen LogP) is 2.05. The molecule has 5 nitrogen and oxygen atoms in total. The average molecular weight is 277 g/mol. The number of anilines is 1. The van der Waals surface area contributed by atoms with Crippen LogP contribution in [0.1, 0.15) is 18.5 Å². The van der Waals surface area contributed by atoms with Crippen molar-refractivity contribution in [2.24, 2.45) is 0 Å². The Kier molecular flexibility index (Phi) is 3.80. The molecule has 0 spiro atoms. The first-order valence-corrected chi connectivity index (χ1v) is 7.68. The molecule has 0 saturated carbocycles. The molecule has 1 unspecified atom stereocenters. The Hall–Kier alpha value is -1.95. The molecule has 100 valence electrons. The van der Waals surface area contributed by atoms with Crippen LogP contribution >= 0.6 is 0 Å². The zero-order valence-electron chi connectivity index (χ0n) is 10.7. The standard InChI is InChI=1S/C13H15N3O2S/c1-10(11-5-7-14-8-6-11)16-12-3-4-13(15-9-12)19(2,17)18/h3-10,16H,1-2H3. The number of nitrogens with one attached hydrogen (secondary N) is 1. The summed E-state index contributed by atoms with van der Waals surface area (Å²) in [5, 5.41) is 3.33. The highest BCUT2D eigenvalue weighted by atomic mass is 32.2. The van der Waals surface area contributed by atoms with E-state index in [1.165, 1.54) is 12.3 Å². The van der Waals surface area contributed by atoms with Crippen LogP contribution in [0.4, 0.5) is 5.69 Å². The summed E-state index contributed by atoms with van der Waals surface area (Å²) >= 11 is 0. The normalized spacial score (nSPS) is 12.9. The van der Waals surface area contributed by atoms with Gasteiger partial charge in [0.1, 0.15) is 0 Å². The molecule has 0 bridgehead atoms. The van der Waals surface area contributed by atoms with Crippen LogP contribution in [0, 0.1) is 0 Å². The molecule has 0 saturated heterocycles. The van der Waals surface area contributed by atoms with Gasteiger partial charge in [-0.25, -0.2) is 13.4 Å². The summed E-state index contributed by atoms with van der Waals surface area (Å²) in [5.74, 6) is 0. The van der Waals surface area contributed by atoms with Crippen LogP contribution in [0.15, 0.2) is 47.9 Å². The molecule has 0 aliphatic rings. The molecule has 0 amide bonds.